The number of aromatic nitrogens is 4. The average Bonchev–Trinajstić information content (AvgIpc) is 2.81. The van der Waals surface area contributed by atoms with Crippen molar-refractivity contribution in [2.75, 3.05) is 5.73 Å². The zero-order valence-corrected chi connectivity index (χ0v) is 10.9. The molecule has 0 saturated heterocycles. The number of anilines is 1. The lowest BCUT2D eigenvalue weighted by molar-refractivity contribution is 0.541. The Balaban J connectivity index is 2.28. The molecule has 0 spiro atoms. The number of nitrogens with zero attached hydrogens (tertiary/aromatic N) is 4. The molecule has 0 saturated carbocycles. The third-order valence-electron chi connectivity index (χ3n) is 3.12. The Bertz CT molecular complexity index is 518. The van der Waals surface area contributed by atoms with Crippen LogP contribution in [0.15, 0.2) is 18.2 Å². The summed E-state index contributed by atoms with van der Waals surface area (Å²) in [4.78, 5) is 0. The highest BCUT2D eigenvalue weighted by molar-refractivity contribution is 5.67. The fourth-order valence-corrected chi connectivity index (χ4v) is 1.96. The highest BCUT2D eigenvalue weighted by Crippen LogP contribution is 2.24. The molecule has 0 fully saturated rings. The molecule has 2 N–H and O–H groups in total. The van der Waals surface area contributed by atoms with E-state index in [2.05, 4.69) is 22.4 Å². The van der Waals surface area contributed by atoms with Gasteiger partial charge >= 0.3 is 0 Å². The molecule has 5 heteroatoms. The van der Waals surface area contributed by atoms with Gasteiger partial charge in [0.2, 0.25) is 0 Å². The van der Waals surface area contributed by atoms with Crippen molar-refractivity contribution in [1.82, 2.24) is 20.2 Å². The minimum Gasteiger partial charge on any atom is -0.398 e. The molecule has 0 radical (unpaired) electrons. The summed E-state index contributed by atoms with van der Waals surface area (Å²) in [5.74, 6) is 0.802. The van der Waals surface area contributed by atoms with Crippen molar-refractivity contribution in [3.05, 3.63) is 23.8 Å². The summed E-state index contributed by atoms with van der Waals surface area (Å²) in [6, 6.07) is 5.83. The molecule has 0 atom stereocenters. The minimum absolute atomic E-state index is 0.774. The summed E-state index contributed by atoms with van der Waals surface area (Å²) in [6.07, 6.45) is 3.47. The topological polar surface area (TPSA) is 69.6 Å². The number of nitrogens with two attached hydrogens (primary N) is 1. The predicted octanol–water partition coefficient (Wildman–Crippen LogP) is 2.42. The van der Waals surface area contributed by atoms with E-state index in [1.54, 1.807) is 0 Å². The van der Waals surface area contributed by atoms with Crippen LogP contribution >= 0.6 is 0 Å². The fourth-order valence-electron chi connectivity index (χ4n) is 1.96. The number of tetrazole rings is 1. The van der Waals surface area contributed by atoms with Crippen LogP contribution in [0.25, 0.3) is 11.4 Å². The van der Waals surface area contributed by atoms with Gasteiger partial charge in [-0.15, -0.1) is 5.10 Å². The average molecular weight is 245 g/mol. The van der Waals surface area contributed by atoms with E-state index >= 15 is 0 Å². The van der Waals surface area contributed by atoms with Crippen molar-refractivity contribution >= 4 is 5.69 Å². The van der Waals surface area contributed by atoms with Crippen LogP contribution in [-0.4, -0.2) is 20.2 Å². The Morgan fingerprint density at radius 2 is 2.11 bits per heavy atom. The van der Waals surface area contributed by atoms with Crippen LogP contribution in [0.4, 0.5) is 5.69 Å². The molecule has 1 aromatic carbocycles. The lowest BCUT2D eigenvalue weighted by Crippen LogP contribution is -2.04. The summed E-state index contributed by atoms with van der Waals surface area (Å²) in [6.45, 7) is 5.03. The van der Waals surface area contributed by atoms with Crippen LogP contribution in [0.1, 0.15) is 31.7 Å². The maximum atomic E-state index is 5.92. The molecule has 18 heavy (non-hydrogen) atoms. The second-order valence-corrected chi connectivity index (χ2v) is 4.45. The van der Waals surface area contributed by atoms with E-state index < -0.39 is 0 Å². The van der Waals surface area contributed by atoms with Crippen molar-refractivity contribution in [1.29, 1.82) is 0 Å². The van der Waals surface area contributed by atoms with Crippen LogP contribution in [0.2, 0.25) is 0 Å². The van der Waals surface area contributed by atoms with Crippen LogP contribution in [-0.2, 0) is 6.54 Å². The third-order valence-corrected chi connectivity index (χ3v) is 3.12. The van der Waals surface area contributed by atoms with Crippen LogP contribution in [0.3, 0.4) is 0 Å². The van der Waals surface area contributed by atoms with E-state index in [4.69, 9.17) is 5.73 Å². The minimum atomic E-state index is 0.774. The number of nitrogen functional groups attached to an aromatic ring is 1. The Morgan fingerprint density at radius 1 is 1.28 bits per heavy atom. The van der Waals surface area contributed by atoms with Crippen molar-refractivity contribution < 1.29 is 0 Å². The predicted molar refractivity (Wildman–Crippen MR) is 71.9 cm³/mol. The Morgan fingerprint density at radius 3 is 2.89 bits per heavy atom. The fraction of sp³-hybridized carbons (Fsp3) is 0.462. The molecule has 0 aliphatic carbocycles. The monoisotopic (exact) mass is 245 g/mol. The summed E-state index contributed by atoms with van der Waals surface area (Å²) >= 11 is 0. The molecule has 0 unspecified atom stereocenters. The van der Waals surface area contributed by atoms with Gasteiger partial charge in [-0.1, -0.05) is 31.9 Å². The Hall–Kier alpha value is -1.91. The second-order valence-electron chi connectivity index (χ2n) is 4.45. The first-order valence-corrected chi connectivity index (χ1v) is 6.35. The van der Waals surface area contributed by atoms with Gasteiger partial charge in [0, 0.05) is 17.8 Å². The number of rotatable bonds is 5. The van der Waals surface area contributed by atoms with Gasteiger partial charge < -0.3 is 5.73 Å². The lowest BCUT2D eigenvalue weighted by Gasteiger charge is -2.08. The van der Waals surface area contributed by atoms with E-state index in [0.29, 0.717) is 0 Å². The molecule has 2 rings (SSSR count). The molecule has 1 heterocycles. The maximum absolute atomic E-state index is 5.92. The van der Waals surface area contributed by atoms with E-state index in [-0.39, 0.29) is 0 Å². The van der Waals surface area contributed by atoms with Gasteiger partial charge in [-0.3, -0.25) is 0 Å². The summed E-state index contributed by atoms with van der Waals surface area (Å²) in [7, 11) is 0. The van der Waals surface area contributed by atoms with Crippen LogP contribution < -0.4 is 5.73 Å². The number of hydrogen-bond donors (Lipinski definition) is 1. The van der Waals surface area contributed by atoms with Crippen molar-refractivity contribution in [3.8, 4) is 11.4 Å². The smallest absolute Gasteiger partial charge is 0.182 e. The number of unbranched alkanes of at least 4 members (excludes halogenated alkanes) is 2. The molecular formula is C13H19N5. The second kappa shape index (κ2) is 5.62. The van der Waals surface area contributed by atoms with Gasteiger partial charge in [0.05, 0.1) is 0 Å². The van der Waals surface area contributed by atoms with Crippen molar-refractivity contribution in [2.24, 2.45) is 0 Å². The zero-order valence-electron chi connectivity index (χ0n) is 10.9. The van der Waals surface area contributed by atoms with Crippen molar-refractivity contribution in [3.63, 3.8) is 0 Å². The molecule has 0 bridgehead atoms. The SMILES string of the molecule is CCCCCn1nnnc1-c1cccc(N)c1C. The van der Waals surface area contributed by atoms with Crippen LogP contribution in [0.5, 0.6) is 0 Å². The van der Waals surface area contributed by atoms with E-state index in [1.165, 1.54) is 12.8 Å². The normalized spacial score (nSPS) is 10.8. The third kappa shape index (κ3) is 2.50. The molecular weight excluding hydrogens is 226 g/mol. The first-order chi connectivity index (χ1) is 8.74. The van der Waals surface area contributed by atoms with E-state index in [9.17, 15) is 0 Å². The first kappa shape index (κ1) is 12.5. The zero-order chi connectivity index (χ0) is 13.0. The van der Waals surface area contributed by atoms with Gasteiger partial charge in [-0.05, 0) is 35.4 Å². The number of aryl methyl sites for hydroxylation is 1. The molecule has 0 aliphatic heterocycles. The van der Waals surface area contributed by atoms with E-state index in [1.807, 2.05) is 29.8 Å². The summed E-state index contributed by atoms with van der Waals surface area (Å²) in [5, 5.41) is 11.9. The van der Waals surface area contributed by atoms with Gasteiger partial charge in [-0.25, -0.2) is 4.68 Å². The van der Waals surface area contributed by atoms with Gasteiger partial charge in [-0.2, -0.15) is 0 Å². The Labute approximate surface area is 107 Å². The molecule has 5 nitrogen and oxygen atoms in total. The number of hydrogen-bond acceptors (Lipinski definition) is 4. The largest absolute Gasteiger partial charge is 0.398 e. The van der Waals surface area contributed by atoms with E-state index in [0.717, 1.165) is 35.6 Å². The van der Waals surface area contributed by atoms with Gasteiger partial charge in [0.25, 0.3) is 0 Å². The van der Waals surface area contributed by atoms with Crippen LogP contribution in [0, 0.1) is 6.92 Å². The van der Waals surface area contributed by atoms with Gasteiger partial charge in [0.1, 0.15) is 0 Å². The molecule has 0 amide bonds. The standard InChI is InChI=1S/C13H19N5/c1-3-4-5-9-18-13(15-16-17-18)11-7-6-8-12(14)10(11)2/h6-8H,3-5,9,14H2,1-2H3. The van der Waals surface area contributed by atoms with Crippen molar-refractivity contribution in [2.45, 2.75) is 39.7 Å². The summed E-state index contributed by atoms with van der Waals surface area (Å²) < 4.78 is 1.86. The highest BCUT2D eigenvalue weighted by Gasteiger charge is 2.12. The summed E-state index contributed by atoms with van der Waals surface area (Å²) in [5.41, 5.74) is 8.74. The van der Waals surface area contributed by atoms with Gasteiger partial charge in [0.15, 0.2) is 5.82 Å². The maximum Gasteiger partial charge on any atom is 0.182 e. The molecule has 1 aromatic heterocycles. The lowest BCUT2D eigenvalue weighted by atomic mass is 10.1. The molecule has 0 aliphatic rings. The Kier molecular flexibility index (Phi) is 3.92. The molecule has 96 valence electrons. The number of benzene rings is 1. The quantitative estimate of drug-likeness (QED) is 0.648. The highest BCUT2D eigenvalue weighted by atomic mass is 15.5. The first-order valence-electron chi connectivity index (χ1n) is 6.35. The molecule has 2 aromatic rings.